The highest BCUT2D eigenvalue weighted by atomic mass is 19.4. The molecule has 0 atom stereocenters. The lowest BCUT2D eigenvalue weighted by molar-refractivity contribution is -0.491. The minimum atomic E-state index is -10.4. The highest BCUT2D eigenvalue weighted by Gasteiger charge is 3.02. The smallest absolute Gasteiger partial charge is 0.445 e. The fourth-order valence-electron chi connectivity index (χ4n) is 4.85. The maximum atomic E-state index is 15.7. The number of aryl methyl sites for hydroxylation is 1. The van der Waals surface area contributed by atoms with Crippen molar-refractivity contribution in [1.82, 2.24) is 5.32 Å². The molecular weight excluding hydrogens is 1100 g/mol. The van der Waals surface area contributed by atoms with E-state index in [0.717, 1.165) is 5.32 Å². The summed E-state index contributed by atoms with van der Waals surface area (Å²) >= 11 is 0. The maximum Gasteiger partial charge on any atom is 0.460 e. The van der Waals surface area contributed by atoms with Crippen LogP contribution in [0.5, 0.6) is 0 Å². The molecule has 1 N–H and O–H groups in total. The number of hydrogen-bond donors (Lipinski definition) is 1. The summed E-state index contributed by atoms with van der Waals surface area (Å²) in [7, 11) is 0. The number of carbonyl (C=O) groups is 2. The van der Waals surface area contributed by atoms with Crippen molar-refractivity contribution in [3.8, 4) is 0 Å². The first-order valence-electron chi connectivity index (χ1n) is 15.9. The molecule has 0 saturated heterocycles. The van der Waals surface area contributed by atoms with Gasteiger partial charge in [0.2, 0.25) is 12.2 Å². The van der Waals surface area contributed by atoms with Crippen molar-refractivity contribution < 1.29 is 169 Å². The predicted molar refractivity (Wildman–Crippen MR) is 150 cm³/mol. The van der Waals surface area contributed by atoms with Gasteiger partial charge < -0.3 is 10.1 Å². The molecule has 0 heterocycles. The van der Waals surface area contributed by atoms with Crippen LogP contribution in [0.4, 0.5) is 156 Å². The minimum absolute atomic E-state index is 0.0939. The van der Waals surface area contributed by atoms with Crippen molar-refractivity contribution in [3.05, 3.63) is 22.8 Å². The van der Waals surface area contributed by atoms with Crippen molar-refractivity contribution in [2.45, 2.75) is 109 Å². The highest BCUT2D eigenvalue weighted by molar-refractivity contribution is 6.03. The number of alkyl halides is 33. The average molecular weight is 1110 g/mol. The van der Waals surface area contributed by atoms with Gasteiger partial charge in [0, 0.05) is 6.92 Å². The van der Waals surface area contributed by atoms with E-state index >= 15 is 17.6 Å². The van der Waals surface area contributed by atoms with Gasteiger partial charge in [-0.3, -0.25) is 9.59 Å². The molecular formula is C29H10F33N3O5. The SMILES string of the molecule is CC(=O)OCNC(=O)c1c(N=C=O)c(C)cc(N=C=O)c1C(F)(F)C(F)(F)C(F)(F)C(F)(F)C(F)(F)C(F)(F)C(F)(F)C(F)(F)C(F)(F)C(F)(F)C(F)(F)C(F)(F)C(F)(F)C(F)(F)C(F)(F)C(F)(F)F. The topological polar surface area (TPSA) is 114 Å². The highest BCUT2D eigenvalue weighted by Crippen LogP contribution is 2.70. The van der Waals surface area contributed by atoms with Crippen LogP contribution >= 0.6 is 0 Å². The molecule has 0 spiro atoms. The van der Waals surface area contributed by atoms with Crippen molar-refractivity contribution in [2.24, 2.45) is 9.98 Å². The number of aliphatic imine (C=N–C) groups is 2. The molecule has 0 aliphatic heterocycles. The largest absolute Gasteiger partial charge is 0.460 e. The molecule has 0 aliphatic rings. The molecule has 1 aromatic carbocycles. The number of halogens is 33. The Labute approximate surface area is 358 Å². The van der Waals surface area contributed by atoms with Crippen LogP contribution in [0.1, 0.15) is 28.4 Å². The van der Waals surface area contributed by atoms with Gasteiger partial charge in [0.05, 0.1) is 22.5 Å². The van der Waals surface area contributed by atoms with Crippen LogP contribution in [-0.2, 0) is 25.0 Å². The summed E-state index contributed by atoms with van der Waals surface area (Å²) in [6.07, 6.45) is -8.05. The normalized spacial score (nSPS) is 15.2. The van der Waals surface area contributed by atoms with Crippen molar-refractivity contribution >= 4 is 35.4 Å². The van der Waals surface area contributed by atoms with Gasteiger partial charge in [-0.25, -0.2) is 9.59 Å². The molecule has 0 radical (unpaired) electrons. The van der Waals surface area contributed by atoms with E-state index in [0.29, 0.717) is 19.9 Å². The van der Waals surface area contributed by atoms with Crippen molar-refractivity contribution in [3.63, 3.8) is 0 Å². The van der Waals surface area contributed by atoms with E-state index in [1.54, 1.807) is 0 Å². The first-order chi connectivity index (χ1) is 30.4. The maximum absolute atomic E-state index is 15.7. The predicted octanol–water partition coefficient (Wildman–Crippen LogP) is 11.7. The van der Waals surface area contributed by atoms with Gasteiger partial charge in [0.25, 0.3) is 5.91 Å². The standard InChI is InChI=1S/C29H10F33N3O5/c1-7-3-9(63-4-66)11(10(12(7)64-5-67)13(69)65-6-70-8(2)68)14(30,31)15(32,33)16(34,35)17(36,37)18(38,39)19(40,41)20(42,43)21(44,45)22(46,47)23(48,49)24(50,51)25(52,53)26(54,55)27(56,57)28(58,59)29(60,61)62/h3H,6H2,1-2H3,(H,65,69). The number of nitrogens with zero attached hydrogens (tertiary/aromatic N) is 2. The van der Waals surface area contributed by atoms with E-state index in [1.807, 2.05) is 0 Å². The van der Waals surface area contributed by atoms with E-state index < -0.39 is 148 Å². The van der Waals surface area contributed by atoms with Crippen LogP contribution in [0.25, 0.3) is 0 Å². The number of ether oxygens (including phenoxy) is 1. The second-order valence-corrected chi connectivity index (χ2v) is 13.1. The zero-order valence-electron chi connectivity index (χ0n) is 31.7. The second kappa shape index (κ2) is 17.4. The molecule has 1 rings (SSSR count). The minimum Gasteiger partial charge on any atom is -0.445 e. The van der Waals surface area contributed by atoms with Crippen LogP contribution < -0.4 is 5.32 Å². The molecule has 70 heavy (non-hydrogen) atoms. The van der Waals surface area contributed by atoms with Crippen LogP contribution in [0, 0.1) is 6.92 Å². The second-order valence-electron chi connectivity index (χ2n) is 13.1. The Morgan fingerprint density at radius 2 is 0.743 bits per heavy atom. The molecule has 0 aliphatic carbocycles. The number of benzene rings is 1. The lowest BCUT2D eigenvalue weighted by atomic mass is 9.81. The van der Waals surface area contributed by atoms with E-state index in [1.165, 1.54) is 0 Å². The third-order valence-electron chi connectivity index (χ3n) is 8.72. The van der Waals surface area contributed by atoms with Crippen LogP contribution in [0.15, 0.2) is 16.1 Å². The van der Waals surface area contributed by atoms with Gasteiger partial charge in [-0.15, -0.1) is 0 Å². The number of isocyanates is 2. The lowest BCUT2D eigenvalue weighted by Crippen LogP contribution is -2.79. The van der Waals surface area contributed by atoms with Crippen LogP contribution in [-0.4, -0.2) is 120 Å². The average Bonchev–Trinajstić information content (AvgIpc) is 3.16. The van der Waals surface area contributed by atoms with E-state index in [9.17, 15) is 147 Å². The zero-order valence-corrected chi connectivity index (χ0v) is 31.7. The number of hydrogen-bond acceptors (Lipinski definition) is 7. The zero-order chi connectivity index (χ0) is 56.7. The number of amides is 1. The molecule has 1 aromatic rings. The first-order valence-corrected chi connectivity index (χ1v) is 15.9. The number of carbonyl (C=O) groups excluding carboxylic acids is 4. The summed E-state index contributed by atoms with van der Waals surface area (Å²) in [4.78, 5) is 50.0. The summed E-state index contributed by atoms with van der Waals surface area (Å²) < 4.78 is 470. The van der Waals surface area contributed by atoms with Gasteiger partial charge in [-0.1, -0.05) is 0 Å². The van der Waals surface area contributed by atoms with Crippen LogP contribution in [0.3, 0.4) is 0 Å². The quantitative estimate of drug-likeness (QED) is 0.0459. The Balaban J connectivity index is 4.35. The third kappa shape index (κ3) is 8.07. The summed E-state index contributed by atoms with van der Waals surface area (Å²) in [5.41, 5.74) is -12.1. The van der Waals surface area contributed by atoms with Gasteiger partial charge in [0.1, 0.15) is 0 Å². The summed E-state index contributed by atoms with van der Waals surface area (Å²) in [6.45, 7) is -0.887. The Morgan fingerprint density at radius 1 is 0.471 bits per heavy atom. The van der Waals surface area contributed by atoms with E-state index in [4.69, 9.17) is 0 Å². The molecule has 402 valence electrons. The van der Waals surface area contributed by atoms with Gasteiger partial charge in [-0.05, 0) is 18.6 Å². The summed E-state index contributed by atoms with van der Waals surface area (Å²) in [5.74, 6) is -151. The molecule has 0 saturated carbocycles. The molecule has 8 nitrogen and oxygen atoms in total. The molecule has 0 bridgehead atoms. The van der Waals surface area contributed by atoms with Gasteiger partial charge >= 0.3 is 101 Å². The van der Waals surface area contributed by atoms with Gasteiger partial charge in [-0.2, -0.15) is 155 Å². The molecule has 41 heteroatoms. The van der Waals surface area contributed by atoms with Crippen molar-refractivity contribution in [2.75, 3.05) is 6.73 Å². The van der Waals surface area contributed by atoms with Crippen molar-refractivity contribution in [1.29, 1.82) is 0 Å². The Hall–Kier alpha value is -5.39. The Kier molecular flexibility index (Phi) is 15.6. The third-order valence-corrected chi connectivity index (χ3v) is 8.72. The van der Waals surface area contributed by atoms with E-state index in [2.05, 4.69) is 14.7 Å². The first kappa shape index (κ1) is 62.6. The molecule has 0 unspecified atom stereocenters. The Bertz CT molecular complexity index is 2290. The number of esters is 1. The molecule has 0 aromatic heterocycles. The lowest BCUT2D eigenvalue weighted by Gasteiger charge is -2.47. The molecule has 0 fully saturated rings. The summed E-state index contributed by atoms with van der Waals surface area (Å²) in [6, 6.07) is -0.412. The fraction of sp³-hybridized carbons (Fsp3) is 0.655. The number of rotatable bonds is 20. The van der Waals surface area contributed by atoms with Crippen LogP contribution in [0.2, 0.25) is 0 Å². The van der Waals surface area contributed by atoms with Gasteiger partial charge in [0.15, 0.2) is 6.73 Å². The van der Waals surface area contributed by atoms with E-state index in [-0.39, 0.29) is 6.08 Å². The number of nitrogens with one attached hydrogen (secondary N) is 1. The fourth-order valence-corrected chi connectivity index (χ4v) is 4.85. The monoisotopic (exact) mass is 1110 g/mol. The molecule has 1 amide bonds. The Morgan fingerprint density at radius 3 is 1.00 bits per heavy atom. The summed E-state index contributed by atoms with van der Waals surface area (Å²) in [5, 5.41) is 1.05.